The first-order valence-corrected chi connectivity index (χ1v) is 9.40. The maximum absolute atomic E-state index is 12.2. The quantitative estimate of drug-likeness (QED) is 0.244. The number of amides is 1. The summed E-state index contributed by atoms with van der Waals surface area (Å²) in [4.78, 5) is 42.8. The van der Waals surface area contributed by atoms with E-state index in [1.165, 1.54) is 24.3 Å². The van der Waals surface area contributed by atoms with E-state index in [4.69, 9.17) is 27.9 Å². The highest BCUT2D eigenvalue weighted by molar-refractivity contribution is 6.53. The standard InChI is InChI=1S/C18H15Cl2N3O8/c19-16(20)17(25)21-14(15(24)10-1-5-12(6-2-10)22(27)28)9-31-18(26)11-3-7-13(8-4-11)23(29)30/h1-8,14-16,24H,9H2,(H,21,25)/t14-,15-/m0/s1. The van der Waals surface area contributed by atoms with Gasteiger partial charge in [0.25, 0.3) is 17.3 Å². The molecule has 0 aromatic heterocycles. The summed E-state index contributed by atoms with van der Waals surface area (Å²) in [6.07, 6.45) is -1.43. The molecule has 13 heteroatoms. The number of nitrogens with zero attached hydrogens (tertiary/aromatic N) is 2. The van der Waals surface area contributed by atoms with E-state index >= 15 is 0 Å². The second-order valence-electron chi connectivity index (χ2n) is 6.11. The number of aliphatic hydroxyl groups is 1. The first kappa shape index (κ1) is 24.0. The molecule has 1 amide bonds. The molecule has 0 spiro atoms. The zero-order valence-electron chi connectivity index (χ0n) is 15.5. The van der Waals surface area contributed by atoms with E-state index in [0.29, 0.717) is 0 Å². The molecule has 31 heavy (non-hydrogen) atoms. The number of benzene rings is 2. The Hall–Kier alpha value is -3.28. The highest BCUT2D eigenvalue weighted by Crippen LogP contribution is 2.22. The minimum atomic E-state index is -1.46. The molecule has 0 saturated heterocycles. The molecular weight excluding hydrogens is 457 g/mol. The third kappa shape index (κ3) is 6.60. The van der Waals surface area contributed by atoms with Gasteiger partial charge in [-0.3, -0.25) is 25.0 Å². The van der Waals surface area contributed by atoms with Gasteiger partial charge in [-0.1, -0.05) is 23.2 Å². The van der Waals surface area contributed by atoms with E-state index in [1.807, 2.05) is 0 Å². The Morgan fingerprint density at radius 1 is 0.968 bits per heavy atom. The lowest BCUT2D eigenvalue weighted by atomic mass is 10.0. The summed E-state index contributed by atoms with van der Waals surface area (Å²) in [6.45, 7) is -0.514. The van der Waals surface area contributed by atoms with E-state index in [0.717, 1.165) is 24.3 Å². The molecule has 2 aromatic rings. The number of ether oxygens (including phenoxy) is 1. The number of aliphatic hydroxyl groups excluding tert-OH is 1. The molecule has 0 unspecified atom stereocenters. The van der Waals surface area contributed by atoms with Gasteiger partial charge in [-0.25, -0.2) is 4.79 Å². The van der Waals surface area contributed by atoms with Crippen LogP contribution in [0.2, 0.25) is 0 Å². The van der Waals surface area contributed by atoms with Gasteiger partial charge in [0.15, 0.2) is 4.84 Å². The van der Waals surface area contributed by atoms with Crippen LogP contribution in [0.5, 0.6) is 0 Å². The van der Waals surface area contributed by atoms with Crippen molar-refractivity contribution < 1.29 is 29.3 Å². The maximum Gasteiger partial charge on any atom is 0.338 e. The van der Waals surface area contributed by atoms with E-state index in [9.17, 15) is 34.9 Å². The largest absolute Gasteiger partial charge is 0.460 e. The van der Waals surface area contributed by atoms with Crippen LogP contribution in [0.1, 0.15) is 22.0 Å². The van der Waals surface area contributed by atoms with Crippen LogP contribution in [0.15, 0.2) is 48.5 Å². The fraction of sp³-hybridized carbons (Fsp3) is 0.222. The van der Waals surface area contributed by atoms with E-state index in [2.05, 4.69) is 5.32 Å². The second-order valence-corrected chi connectivity index (χ2v) is 7.21. The number of rotatable bonds is 9. The van der Waals surface area contributed by atoms with Crippen LogP contribution in [0.25, 0.3) is 0 Å². The molecule has 0 aliphatic rings. The zero-order valence-corrected chi connectivity index (χ0v) is 17.0. The summed E-state index contributed by atoms with van der Waals surface area (Å²) in [5.74, 6) is -1.72. The molecule has 0 bridgehead atoms. The Kier molecular flexibility index (Phi) is 8.25. The molecule has 0 saturated carbocycles. The minimum absolute atomic E-state index is 0.00747. The van der Waals surface area contributed by atoms with Crippen molar-refractivity contribution in [3.8, 4) is 0 Å². The molecule has 0 radical (unpaired) electrons. The van der Waals surface area contributed by atoms with Gasteiger partial charge in [-0.2, -0.15) is 0 Å². The van der Waals surface area contributed by atoms with Crippen molar-refractivity contribution in [2.24, 2.45) is 0 Å². The van der Waals surface area contributed by atoms with Gasteiger partial charge in [-0.15, -0.1) is 0 Å². The van der Waals surface area contributed by atoms with Crippen molar-refractivity contribution in [3.05, 3.63) is 79.9 Å². The number of carbonyl (C=O) groups is 2. The lowest BCUT2D eigenvalue weighted by Crippen LogP contribution is -2.45. The number of hydrogen-bond donors (Lipinski definition) is 2. The lowest BCUT2D eigenvalue weighted by molar-refractivity contribution is -0.385. The Morgan fingerprint density at radius 2 is 1.45 bits per heavy atom. The summed E-state index contributed by atoms with van der Waals surface area (Å²) in [6, 6.07) is 8.29. The smallest absolute Gasteiger partial charge is 0.338 e. The molecule has 0 fully saturated rings. The summed E-state index contributed by atoms with van der Waals surface area (Å²) in [7, 11) is 0. The third-order valence-electron chi connectivity index (χ3n) is 4.06. The van der Waals surface area contributed by atoms with Crippen LogP contribution in [0.3, 0.4) is 0 Å². The molecule has 2 rings (SSSR count). The van der Waals surface area contributed by atoms with Crippen molar-refractivity contribution in [3.63, 3.8) is 0 Å². The fourth-order valence-electron chi connectivity index (χ4n) is 2.45. The van der Waals surface area contributed by atoms with E-state index < -0.39 is 45.3 Å². The maximum atomic E-state index is 12.2. The summed E-state index contributed by atoms with van der Waals surface area (Å²) < 4.78 is 5.10. The minimum Gasteiger partial charge on any atom is -0.460 e. The topological polar surface area (TPSA) is 162 Å². The summed E-state index contributed by atoms with van der Waals surface area (Å²) in [5.41, 5.74) is -0.218. The molecule has 2 atom stereocenters. The number of carbonyl (C=O) groups excluding carboxylic acids is 2. The molecular formula is C18H15Cl2N3O8. The molecule has 2 N–H and O–H groups in total. The highest BCUT2D eigenvalue weighted by atomic mass is 35.5. The average Bonchev–Trinajstić information content (AvgIpc) is 2.75. The third-order valence-corrected chi connectivity index (χ3v) is 4.46. The van der Waals surface area contributed by atoms with Crippen molar-refractivity contribution in [1.29, 1.82) is 0 Å². The average molecular weight is 472 g/mol. The summed E-state index contributed by atoms with van der Waals surface area (Å²) >= 11 is 11.0. The van der Waals surface area contributed by atoms with Gasteiger partial charge in [0.2, 0.25) is 0 Å². The number of non-ortho nitro benzene ring substituents is 2. The normalized spacial score (nSPS) is 12.6. The van der Waals surface area contributed by atoms with Gasteiger partial charge in [-0.05, 0) is 29.8 Å². The second kappa shape index (κ2) is 10.7. The SMILES string of the molecule is O=C(OC[C@H](NC(=O)C(Cl)Cl)[C@@H](O)c1ccc([N+](=O)[O-])cc1)c1ccc([N+](=O)[O-])cc1. The predicted octanol–water partition coefficient (Wildman–Crippen LogP) is 2.68. The van der Waals surface area contributed by atoms with Crippen molar-refractivity contribution in [1.82, 2.24) is 5.32 Å². The van der Waals surface area contributed by atoms with Gasteiger partial charge >= 0.3 is 5.97 Å². The molecule has 0 aliphatic carbocycles. The number of hydrogen-bond acceptors (Lipinski definition) is 8. The molecule has 2 aromatic carbocycles. The molecule has 11 nitrogen and oxygen atoms in total. The Morgan fingerprint density at radius 3 is 1.90 bits per heavy atom. The molecule has 164 valence electrons. The Balaban J connectivity index is 2.14. The monoisotopic (exact) mass is 471 g/mol. The molecule has 0 aliphatic heterocycles. The van der Waals surface area contributed by atoms with Crippen LogP contribution in [-0.2, 0) is 9.53 Å². The van der Waals surface area contributed by atoms with E-state index in [1.54, 1.807) is 0 Å². The Labute approximate surface area is 184 Å². The van der Waals surface area contributed by atoms with E-state index in [-0.39, 0.29) is 22.5 Å². The number of nitro benzene ring substituents is 2. The van der Waals surface area contributed by atoms with Gasteiger partial charge in [0, 0.05) is 24.3 Å². The predicted molar refractivity (Wildman–Crippen MR) is 109 cm³/mol. The fourth-order valence-corrected chi connectivity index (χ4v) is 2.58. The van der Waals surface area contributed by atoms with Crippen LogP contribution >= 0.6 is 23.2 Å². The van der Waals surface area contributed by atoms with Crippen LogP contribution in [0, 0.1) is 20.2 Å². The van der Waals surface area contributed by atoms with Crippen LogP contribution in [0.4, 0.5) is 11.4 Å². The molecule has 0 heterocycles. The number of alkyl halides is 2. The number of nitrogens with one attached hydrogen (secondary N) is 1. The van der Waals surface area contributed by atoms with Crippen molar-refractivity contribution in [2.45, 2.75) is 17.0 Å². The first-order chi connectivity index (χ1) is 14.6. The lowest BCUT2D eigenvalue weighted by Gasteiger charge is -2.24. The number of esters is 1. The van der Waals surface area contributed by atoms with Gasteiger partial charge in [0.05, 0.1) is 21.5 Å². The van der Waals surface area contributed by atoms with Crippen molar-refractivity contribution >= 4 is 46.5 Å². The van der Waals surface area contributed by atoms with Gasteiger partial charge in [0.1, 0.15) is 12.7 Å². The van der Waals surface area contributed by atoms with Crippen LogP contribution < -0.4 is 5.32 Å². The first-order valence-electron chi connectivity index (χ1n) is 8.52. The number of nitro groups is 2. The number of halogens is 2. The highest BCUT2D eigenvalue weighted by Gasteiger charge is 2.27. The van der Waals surface area contributed by atoms with Crippen LogP contribution in [-0.4, -0.2) is 44.3 Å². The Bertz CT molecular complexity index is 967. The summed E-state index contributed by atoms with van der Waals surface area (Å²) in [5, 5.41) is 34.4. The van der Waals surface area contributed by atoms with Crippen molar-refractivity contribution in [2.75, 3.05) is 6.61 Å². The van der Waals surface area contributed by atoms with Gasteiger partial charge < -0.3 is 15.2 Å². The zero-order chi connectivity index (χ0) is 23.1.